The summed E-state index contributed by atoms with van der Waals surface area (Å²) in [6.07, 6.45) is 2.03. The second-order valence-corrected chi connectivity index (χ2v) is 4.46. The van der Waals surface area contributed by atoms with Gasteiger partial charge in [0.15, 0.2) is 11.0 Å². The number of rotatable bonds is 4. The minimum Gasteiger partial charge on any atom is -0.320 e. The molecule has 1 aromatic rings. The Labute approximate surface area is 110 Å². The maximum absolute atomic E-state index is 11.8. The van der Waals surface area contributed by atoms with Crippen molar-refractivity contribution in [1.82, 2.24) is 9.97 Å². The second kappa shape index (κ2) is 6.14. The first kappa shape index (κ1) is 14.2. The fourth-order valence-electron chi connectivity index (χ4n) is 1.15. The van der Waals surface area contributed by atoms with Crippen LogP contribution in [-0.2, 0) is 4.79 Å². The van der Waals surface area contributed by atoms with Crippen molar-refractivity contribution in [3.63, 3.8) is 0 Å². The molecular formula is C10H14Cl2N4O. The Balaban J connectivity index is 2.78. The zero-order valence-electron chi connectivity index (χ0n) is 9.58. The maximum atomic E-state index is 11.8. The lowest BCUT2D eigenvalue weighted by Crippen LogP contribution is -2.40. The molecule has 0 fully saturated rings. The number of anilines is 1. The minimum absolute atomic E-state index is 0.0751. The monoisotopic (exact) mass is 276 g/mol. The zero-order valence-corrected chi connectivity index (χ0v) is 11.1. The van der Waals surface area contributed by atoms with Crippen LogP contribution in [0.3, 0.4) is 0 Å². The van der Waals surface area contributed by atoms with Crippen LogP contribution in [0.15, 0.2) is 6.33 Å². The summed E-state index contributed by atoms with van der Waals surface area (Å²) in [7, 11) is 0. The number of nitrogens with two attached hydrogens (primary N) is 1. The van der Waals surface area contributed by atoms with E-state index >= 15 is 0 Å². The third kappa shape index (κ3) is 3.52. The van der Waals surface area contributed by atoms with Gasteiger partial charge in [0.1, 0.15) is 11.3 Å². The van der Waals surface area contributed by atoms with Gasteiger partial charge >= 0.3 is 0 Å². The Bertz CT molecular complexity index is 413. The number of hydrogen-bond acceptors (Lipinski definition) is 4. The molecule has 1 unspecified atom stereocenters. The van der Waals surface area contributed by atoms with Crippen LogP contribution in [0.4, 0.5) is 5.82 Å². The lowest BCUT2D eigenvalue weighted by Gasteiger charge is -2.17. The van der Waals surface area contributed by atoms with Gasteiger partial charge in [-0.3, -0.25) is 4.79 Å². The summed E-state index contributed by atoms with van der Waals surface area (Å²) in [5.74, 6) is -0.0856. The molecular weight excluding hydrogens is 263 g/mol. The number of hydrogen-bond donors (Lipinski definition) is 2. The average molecular weight is 277 g/mol. The first-order chi connectivity index (χ1) is 7.97. The third-order valence-corrected chi connectivity index (χ3v) is 3.29. The fraction of sp³-hybridized carbons (Fsp3) is 0.500. The van der Waals surface area contributed by atoms with Gasteiger partial charge in [-0.2, -0.15) is 0 Å². The molecule has 17 heavy (non-hydrogen) atoms. The normalized spacial score (nSPS) is 14.2. The summed E-state index contributed by atoms with van der Waals surface area (Å²) in [5.41, 5.74) is 5.78. The van der Waals surface area contributed by atoms with Crippen molar-refractivity contribution in [3.8, 4) is 0 Å². The van der Waals surface area contributed by atoms with Crippen LogP contribution in [0, 0.1) is 5.92 Å². The minimum atomic E-state index is -0.607. The van der Waals surface area contributed by atoms with Crippen LogP contribution in [0.1, 0.15) is 20.3 Å². The van der Waals surface area contributed by atoms with Crippen LogP contribution in [0.5, 0.6) is 0 Å². The van der Waals surface area contributed by atoms with Crippen molar-refractivity contribution in [2.24, 2.45) is 11.7 Å². The molecule has 0 bridgehead atoms. The lowest BCUT2D eigenvalue weighted by atomic mass is 9.99. The van der Waals surface area contributed by atoms with E-state index in [2.05, 4.69) is 15.3 Å². The van der Waals surface area contributed by atoms with Crippen LogP contribution < -0.4 is 11.1 Å². The van der Waals surface area contributed by atoms with Crippen LogP contribution >= 0.6 is 23.2 Å². The van der Waals surface area contributed by atoms with Gasteiger partial charge in [-0.25, -0.2) is 9.97 Å². The van der Waals surface area contributed by atoms with Crippen molar-refractivity contribution in [2.75, 3.05) is 5.32 Å². The molecule has 94 valence electrons. The van der Waals surface area contributed by atoms with Crippen molar-refractivity contribution in [3.05, 3.63) is 16.5 Å². The molecule has 0 aliphatic heterocycles. The molecule has 3 N–H and O–H groups in total. The molecule has 0 aromatic carbocycles. The van der Waals surface area contributed by atoms with Gasteiger partial charge in [-0.15, -0.1) is 0 Å². The van der Waals surface area contributed by atoms with Gasteiger partial charge in [0.05, 0.1) is 6.04 Å². The van der Waals surface area contributed by atoms with E-state index < -0.39 is 6.04 Å². The molecule has 0 aliphatic rings. The number of halogens is 2. The predicted molar refractivity (Wildman–Crippen MR) is 68.1 cm³/mol. The molecule has 1 amide bonds. The smallest absolute Gasteiger partial charge is 0.242 e. The van der Waals surface area contributed by atoms with Gasteiger partial charge in [-0.1, -0.05) is 43.5 Å². The van der Waals surface area contributed by atoms with E-state index in [1.807, 2.05) is 13.8 Å². The Morgan fingerprint density at radius 1 is 1.53 bits per heavy atom. The van der Waals surface area contributed by atoms with Crippen LogP contribution in [0.25, 0.3) is 0 Å². The Hall–Kier alpha value is -0.910. The lowest BCUT2D eigenvalue weighted by molar-refractivity contribution is -0.118. The molecule has 7 heteroatoms. The number of nitrogens with zero attached hydrogens (tertiary/aromatic N) is 2. The second-order valence-electron chi connectivity index (χ2n) is 3.73. The summed E-state index contributed by atoms with van der Waals surface area (Å²) in [5, 5.41) is 2.74. The Kier molecular flexibility index (Phi) is 5.11. The molecule has 5 nitrogen and oxygen atoms in total. The van der Waals surface area contributed by atoms with E-state index in [4.69, 9.17) is 28.9 Å². The maximum Gasteiger partial charge on any atom is 0.242 e. The number of carbonyl (C=O) groups is 1. The van der Waals surface area contributed by atoms with Crippen molar-refractivity contribution in [2.45, 2.75) is 26.3 Å². The molecule has 2 atom stereocenters. The van der Waals surface area contributed by atoms with Gasteiger partial charge in [0.2, 0.25) is 5.91 Å². The number of nitrogens with one attached hydrogen (secondary N) is 1. The van der Waals surface area contributed by atoms with Crippen molar-refractivity contribution >= 4 is 34.9 Å². The highest BCUT2D eigenvalue weighted by atomic mass is 35.5. The Morgan fingerprint density at radius 3 is 2.76 bits per heavy atom. The Morgan fingerprint density at radius 2 is 2.18 bits per heavy atom. The van der Waals surface area contributed by atoms with Gasteiger partial charge < -0.3 is 11.1 Å². The fourth-order valence-corrected chi connectivity index (χ4v) is 1.43. The summed E-state index contributed by atoms with van der Waals surface area (Å²) in [6.45, 7) is 3.87. The molecule has 0 aliphatic carbocycles. The van der Waals surface area contributed by atoms with E-state index in [-0.39, 0.29) is 27.8 Å². The number of carbonyl (C=O) groups excluding carboxylic acids is 1. The number of amides is 1. The van der Waals surface area contributed by atoms with Crippen molar-refractivity contribution in [1.29, 1.82) is 0 Å². The van der Waals surface area contributed by atoms with E-state index in [0.717, 1.165) is 6.42 Å². The largest absolute Gasteiger partial charge is 0.320 e. The van der Waals surface area contributed by atoms with Gasteiger partial charge in [-0.05, 0) is 5.92 Å². The molecule has 0 spiro atoms. The van der Waals surface area contributed by atoms with E-state index in [9.17, 15) is 4.79 Å². The zero-order chi connectivity index (χ0) is 13.0. The van der Waals surface area contributed by atoms with Crippen molar-refractivity contribution < 1.29 is 4.79 Å². The molecule has 0 saturated carbocycles. The van der Waals surface area contributed by atoms with Crippen LogP contribution in [0.2, 0.25) is 10.2 Å². The predicted octanol–water partition coefficient (Wildman–Crippen LogP) is 2.10. The van der Waals surface area contributed by atoms with Gasteiger partial charge in [0.25, 0.3) is 0 Å². The molecule has 1 rings (SSSR count). The average Bonchev–Trinajstić information content (AvgIpc) is 2.32. The highest BCUT2D eigenvalue weighted by Crippen LogP contribution is 2.25. The standard InChI is InChI=1S/C10H14Cl2N4O/c1-3-5(2)7(13)10(17)16-9-6(11)8(12)14-4-15-9/h4-5,7H,3,13H2,1-2H3,(H,14,15,16,17)/t5?,7-/m0/s1. The highest BCUT2D eigenvalue weighted by Gasteiger charge is 2.21. The molecule has 0 saturated heterocycles. The summed E-state index contributed by atoms with van der Waals surface area (Å²) in [6, 6.07) is -0.607. The highest BCUT2D eigenvalue weighted by molar-refractivity contribution is 6.42. The SMILES string of the molecule is CCC(C)[C@H](N)C(=O)Nc1ncnc(Cl)c1Cl. The molecule has 1 heterocycles. The quantitative estimate of drug-likeness (QED) is 0.826. The number of aromatic nitrogens is 2. The van der Waals surface area contributed by atoms with E-state index in [1.165, 1.54) is 6.33 Å². The first-order valence-electron chi connectivity index (χ1n) is 5.19. The van der Waals surface area contributed by atoms with E-state index in [1.54, 1.807) is 0 Å². The summed E-state index contributed by atoms with van der Waals surface area (Å²) >= 11 is 11.5. The van der Waals surface area contributed by atoms with Gasteiger partial charge in [0, 0.05) is 0 Å². The summed E-state index contributed by atoms with van der Waals surface area (Å²) in [4.78, 5) is 19.3. The van der Waals surface area contributed by atoms with Crippen LogP contribution in [-0.4, -0.2) is 21.9 Å². The van der Waals surface area contributed by atoms with E-state index in [0.29, 0.717) is 0 Å². The third-order valence-electron chi connectivity index (χ3n) is 2.55. The summed E-state index contributed by atoms with van der Waals surface area (Å²) < 4.78 is 0. The molecule has 1 aromatic heterocycles. The topological polar surface area (TPSA) is 80.9 Å². The molecule has 0 radical (unpaired) electrons. The first-order valence-corrected chi connectivity index (χ1v) is 5.95.